The van der Waals surface area contributed by atoms with E-state index in [9.17, 15) is 10.1 Å². The molecule has 2 rings (SSSR count). The highest BCUT2D eigenvalue weighted by Gasteiger charge is 2.35. The van der Waals surface area contributed by atoms with Crippen molar-refractivity contribution >= 4 is 0 Å². The molecule has 0 N–H and O–H groups in total. The molecule has 0 aromatic heterocycles. The van der Waals surface area contributed by atoms with E-state index in [1.165, 1.54) is 0 Å². The van der Waals surface area contributed by atoms with Crippen LogP contribution in [0.15, 0.2) is 0 Å². The zero-order valence-electron chi connectivity index (χ0n) is 12.2. The summed E-state index contributed by atoms with van der Waals surface area (Å²) < 4.78 is 10.8. The lowest BCUT2D eigenvalue weighted by Gasteiger charge is -2.45. The van der Waals surface area contributed by atoms with Crippen molar-refractivity contribution in [3.05, 3.63) is 10.1 Å². The van der Waals surface area contributed by atoms with Crippen LogP contribution in [0.3, 0.4) is 0 Å². The number of hydrogen-bond acceptors (Lipinski definition) is 6. The van der Waals surface area contributed by atoms with E-state index in [0.29, 0.717) is 0 Å². The average Bonchev–Trinajstić information content (AvgIpc) is 2.48. The lowest BCUT2D eigenvalue weighted by molar-refractivity contribution is -0.491. The van der Waals surface area contributed by atoms with Crippen molar-refractivity contribution in [1.29, 1.82) is 0 Å². The third kappa shape index (κ3) is 4.12. The highest BCUT2D eigenvalue weighted by Crippen LogP contribution is 2.22. The van der Waals surface area contributed by atoms with Crippen molar-refractivity contribution in [1.82, 2.24) is 9.80 Å². The van der Waals surface area contributed by atoms with Gasteiger partial charge < -0.3 is 9.47 Å². The van der Waals surface area contributed by atoms with E-state index in [1.807, 2.05) is 6.92 Å². The molecule has 0 amide bonds. The second-order valence-corrected chi connectivity index (χ2v) is 5.39. The summed E-state index contributed by atoms with van der Waals surface area (Å²) in [6.45, 7) is 8.38. The summed E-state index contributed by atoms with van der Waals surface area (Å²) in [5.41, 5.74) is 0. The lowest BCUT2D eigenvalue weighted by atomic mass is 9.99. The molecule has 2 saturated heterocycles. The molecular weight excluding hydrogens is 262 g/mol. The van der Waals surface area contributed by atoms with E-state index in [-0.39, 0.29) is 23.6 Å². The Labute approximate surface area is 120 Å². The minimum absolute atomic E-state index is 0.0376. The first-order valence-corrected chi connectivity index (χ1v) is 7.47. The molecule has 2 fully saturated rings. The summed E-state index contributed by atoms with van der Waals surface area (Å²) in [7, 11) is 0. The second kappa shape index (κ2) is 7.87. The molecule has 0 spiro atoms. The zero-order chi connectivity index (χ0) is 14.4. The van der Waals surface area contributed by atoms with Crippen molar-refractivity contribution in [2.75, 3.05) is 59.2 Å². The molecule has 1 atom stereocenters. The smallest absolute Gasteiger partial charge is 0.209 e. The van der Waals surface area contributed by atoms with Gasteiger partial charge in [-0.1, -0.05) is 6.92 Å². The van der Waals surface area contributed by atoms with Crippen LogP contribution < -0.4 is 0 Å². The number of rotatable bonds is 6. The van der Waals surface area contributed by atoms with Gasteiger partial charge in [0.25, 0.3) is 0 Å². The summed E-state index contributed by atoms with van der Waals surface area (Å²) in [6, 6.07) is 0. The number of ether oxygens (including phenoxy) is 2. The Balaban J connectivity index is 2.09. The van der Waals surface area contributed by atoms with Crippen molar-refractivity contribution < 1.29 is 14.4 Å². The molecule has 116 valence electrons. The van der Waals surface area contributed by atoms with Gasteiger partial charge in [-0.15, -0.1) is 0 Å². The summed E-state index contributed by atoms with van der Waals surface area (Å²) in [6.07, 6.45) is 0.957. The minimum Gasteiger partial charge on any atom is -0.379 e. The number of hydrogen-bond donors (Lipinski definition) is 0. The van der Waals surface area contributed by atoms with Gasteiger partial charge in [0.05, 0.1) is 38.5 Å². The molecule has 1 unspecified atom stereocenters. The van der Waals surface area contributed by atoms with Crippen LogP contribution in [-0.4, -0.2) is 80.0 Å². The standard InChI is InChI=1S/C13H25N3O4/c1-2-12(11-16(17)18)13(14-3-7-19-8-4-14)15-5-9-20-10-6-15/h12-13H,2-11H2,1H3. The maximum atomic E-state index is 11.0. The molecule has 7 heteroatoms. The molecule has 0 aromatic rings. The monoisotopic (exact) mass is 287 g/mol. The van der Waals surface area contributed by atoms with E-state index in [2.05, 4.69) is 9.80 Å². The van der Waals surface area contributed by atoms with Gasteiger partial charge in [-0.2, -0.15) is 0 Å². The summed E-state index contributed by atoms with van der Waals surface area (Å²) in [4.78, 5) is 15.5. The van der Waals surface area contributed by atoms with Gasteiger partial charge in [-0.25, -0.2) is 0 Å². The van der Waals surface area contributed by atoms with Gasteiger partial charge in [-0.05, 0) is 6.42 Å². The van der Waals surface area contributed by atoms with Gasteiger partial charge in [0, 0.05) is 31.1 Å². The SMILES string of the molecule is CCC(C[N+](=O)[O-])C(N1CCOCC1)N1CCOCC1. The number of nitro groups is 1. The molecule has 0 aromatic carbocycles. The highest BCUT2D eigenvalue weighted by molar-refractivity contribution is 4.82. The van der Waals surface area contributed by atoms with E-state index < -0.39 is 0 Å². The van der Waals surface area contributed by atoms with E-state index in [4.69, 9.17) is 9.47 Å². The van der Waals surface area contributed by atoms with Crippen LogP contribution >= 0.6 is 0 Å². The lowest BCUT2D eigenvalue weighted by Crippen LogP contribution is -2.59. The van der Waals surface area contributed by atoms with Crippen LogP contribution in [0.2, 0.25) is 0 Å². The average molecular weight is 287 g/mol. The van der Waals surface area contributed by atoms with Crippen LogP contribution in [0.1, 0.15) is 13.3 Å². The summed E-state index contributed by atoms with van der Waals surface area (Å²) in [5, 5.41) is 11.0. The highest BCUT2D eigenvalue weighted by atomic mass is 16.6. The van der Waals surface area contributed by atoms with E-state index in [0.717, 1.165) is 59.0 Å². The van der Waals surface area contributed by atoms with Crippen LogP contribution in [0.5, 0.6) is 0 Å². The van der Waals surface area contributed by atoms with Crippen LogP contribution in [0, 0.1) is 16.0 Å². The first kappa shape index (κ1) is 15.6. The quantitative estimate of drug-likeness (QED) is 0.516. The molecule has 2 heterocycles. The molecule has 20 heavy (non-hydrogen) atoms. The Morgan fingerprint density at radius 2 is 1.50 bits per heavy atom. The molecule has 0 bridgehead atoms. The molecule has 0 radical (unpaired) electrons. The van der Waals surface area contributed by atoms with Crippen molar-refractivity contribution in [2.24, 2.45) is 5.92 Å². The van der Waals surface area contributed by atoms with Crippen molar-refractivity contribution in [2.45, 2.75) is 19.5 Å². The Morgan fingerprint density at radius 1 is 1.05 bits per heavy atom. The first-order valence-electron chi connectivity index (χ1n) is 7.47. The molecule has 2 aliphatic rings. The second-order valence-electron chi connectivity index (χ2n) is 5.39. The number of morpholine rings is 2. The summed E-state index contributed by atoms with van der Waals surface area (Å²) >= 11 is 0. The molecule has 2 aliphatic heterocycles. The van der Waals surface area contributed by atoms with Crippen LogP contribution in [-0.2, 0) is 9.47 Å². The van der Waals surface area contributed by atoms with Gasteiger partial charge in [0.1, 0.15) is 0 Å². The fraction of sp³-hybridized carbons (Fsp3) is 1.00. The fourth-order valence-electron chi connectivity index (χ4n) is 3.14. The Hall–Kier alpha value is -0.760. The fourth-order valence-corrected chi connectivity index (χ4v) is 3.14. The van der Waals surface area contributed by atoms with Gasteiger partial charge in [0.15, 0.2) is 0 Å². The molecule has 0 aliphatic carbocycles. The summed E-state index contributed by atoms with van der Waals surface area (Å²) in [5.74, 6) is 0.0567. The molecule has 7 nitrogen and oxygen atoms in total. The molecular formula is C13H25N3O4. The van der Waals surface area contributed by atoms with Crippen LogP contribution in [0.4, 0.5) is 0 Å². The van der Waals surface area contributed by atoms with Crippen molar-refractivity contribution in [3.8, 4) is 0 Å². The Kier molecular flexibility index (Phi) is 6.15. The minimum atomic E-state index is -0.179. The predicted octanol–water partition coefficient (Wildman–Crippen LogP) is 0.280. The van der Waals surface area contributed by atoms with E-state index in [1.54, 1.807) is 0 Å². The Morgan fingerprint density at radius 3 is 1.85 bits per heavy atom. The number of nitrogens with zero attached hydrogens (tertiary/aromatic N) is 3. The third-order valence-electron chi connectivity index (χ3n) is 4.17. The van der Waals surface area contributed by atoms with Crippen LogP contribution in [0.25, 0.3) is 0 Å². The maximum Gasteiger partial charge on any atom is 0.209 e. The topological polar surface area (TPSA) is 68.1 Å². The third-order valence-corrected chi connectivity index (χ3v) is 4.17. The van der Waals surface area contributed by atoms with Gasteiger partial charge >= 0.3 is 0 Å². The van der Waals surface area contributed by atoms with Gasteiger partial charge in [0.2, 0.25) is 6.54 Å². The zero-order valence-corrected chi connectivity index (χ0v) is 12.2. The predicted molar refractivity (Wildman–Crippen MR) is 74.2 cm³/mol. The normalized spacial score (nSPS) is 23.9. The first-order chi connectivity index (χ1) is 9.72. The maximum absolute atomic E-state index is 11.0. The largest absolute Gasteiger partial charge is 0.379 e. The molecule has 0 saturated carbocycles. The van der Waals surface area contributed by atoms with E-state index >= 15 is 0 Å². The van der Waals surface area contributed by atoms with Crippen molar-refractivity contribution in [3.63, 3.8) is 0 Å². The van der Waals surface area contributed by atoms with Gasteiger partial charge in [-0.3, -0.25) is 19.9 Å². The Bertz CT molecular complexity index is 286.